The van der Waals surface area contributed by atoms with E-state index in [9.17, 15) is 0 Å². The summed E-state index contributed by atoms with van der Waals surface area (Å²) in [5.74, 6) is 0.666. The van der Waals surface area contributed by atoms with E-state index in [1.165, 1.54) is 0 Å². The van der Waals surface area contributed by atoms with Gasteiger partial charge in [-0.3, -0.25) is 0 Å². The van der Waals surface area contributed by atoms with Gasteiger partial charge in [-0.2, -0.15) is 0 Å². The number of anilines is 1. The van der Waals surface area contributed by atoms with E-state index in [0.717, 1.165) is 16.9 Å². The predicted octanol–water partition coefficient (Wildman–Crippen LogP) is 2.69. The highest BCUT2D eigenvalue weighted by Crippen LogP contribution is 2.21. The van der Waals surface area contributed by atoms with Crippen molar-refractivity contribution in [1.29, 1.82) is 0 Å². The topological polar surface area (TPSA) is 38.1 Å². The smallest absolute Gasteiger partial charge is 0.226 e. The Balaban J connectivity index is 2.41. The summed E-state index contributed by atoms with van der Waals surface area (Å²) in [6.45, 7) is 1.91. The van der Waals surface area contributed by atoms with Gasteiger partial charge in [0.2, 0.25) is 5.89 Å². The van der Waals surface area contributed by atoms with Crippen LogP contribution >= 0.6 is 0 Å². The average molecular weight is 188 g/mol. The van der Waals surface area contributed by atoms with Gasteiger partial charge in [0.05, 0.1) is 5.69 Å². The molecule has 2 aromatic rings. The SMILES string of the molecule is CNc1cccc(-c2nc(C)co2)c1. The first-order valence-corrected chi connectivity index (χ1v) is 4.50. The minimum atomic E-state index is 0.666. The molecule has 0 fully saturated rings. The molecule has 1 heterocycles. The van der Waals surface area contributed by atoms with Gasteiger partial charge in [0.25, 0.3) is 0 Å². The third-order valence-corrected chi connectivity index (χ3v) is 2.02. The first kappa shape index (κ1) is 8.81. The van der Waals surface area contributed by atoms with Crippen molar-refractivity contribution in [2.45, 2.75) is 6.92 Å². The maximum absolute atomic E-state index is 5.31. The zero-order chi connectivity index (χ0) is 9.97. The first-order valence-electron chi connectivity index (χ1n) is 4.50. The van der Waals surface area contributed by atoms with Crippen molar-refractivity contribution in [1.82, 2.24) is 4.98 Å². The van der Waals surface area contributed by atoms with Crippen molar-refractivity contribution >= 4 is 5.69 Å². The zero-order valence-electron chi connectivity index (χ0n) is 8.24. The molecule has 0 aliphatic heterocycles. The maximum atomic E-state index is 5.31. The van der Waals surface area contributed by atoms with E-state index in [2.05, 4.69) is 10.3 Å². The minimum Gasteiger partial charge on any atom is -0.444 e. The van der Waals surface area contributed by atoms with Gasteiger partial charge in [-0.15, -0.1) is 0 Å². The highest BCUT2D eigenvalue weighted by Gasteiger charge is 2.03. The van der Waals surface area contributed by atoms with Gasteiger partial charge >= 0.3 is 0 Å². The highest BCUT2D eigenvalue weighted by molar-refractivity contribution is 5.61. The van der Waals surface area contributed by atoms with Gasteiger partial charge in [-0.05, 0) is 25.1 Å². The Bertz CT molecular complexity index is 434. The lowest BCUT2D eigenvalue weighted by Crippen LogP contribution is -1.87. The van der Waals surface area contributed by atoms with Crippen molar-refractivity contribution in [2.75, 3.05) is 12.4 Å². The summed E-state index contributed by atoms with van der Waals surface area (Å²) in [7, 11) is 1.89. The molecule has 0 saturated carbocycles. The van der Waals surface area contributed by atoms with Gasteiger partial charge in [0.15, 0.2) is 0 Å². The van der Waals surface area contributed by atoms with Crippen LogP contribution in [0.5, 0.6) is 0 Å². The Morgan fingerprint density at radius 2 is 2.21 bits per heavy atom. The number of benzene rings is 1. The molecular weight excluding hydrogens is 176 g/mol. The zero-order valence-corrected chi connectivity index (χ0v) is 8.24. The molecule has 3 heteroatoms. The van der Waals surface area contributed by atoms with Crippen LogP contribution in [0.1, 0.15) is 5.69 Å². The summed E-state index contributed by atoms with van der Waals surface area (Å²) in [5, 5.41) is 3.07. The molecule has 0 aliphatic carbocycles. The van der Waals surface area contributed by atoms with Crippen LogP contribution < -0.4 is 5.32 Å². The second kappa shape index (κ2) is 3.54. The number of hydrogen-bond donors (Lipinski definition) is 1. The third kappa shape index (κ3) is 1.62. The van der Waals surface area contributed by atoms with Crippen LogP contribution in [0.4, 0.5) is 5.69 Å². The lowest BCUT2D eigenvalue weighted by atomic mass is 10.2. The standard InChI is InChI=1S/C11H12N2O/c1-8-7-14-11(13-8)9-4-3-5-10(6-9)12-2/h3-7,12H,1-2H3. The molecule has 1 aromatic heterocycles. The number of aryl methyl sites for hydroxylation is 1. The fraction of sp³-hybridized carbons (Fsp3) is 0.182. The van der Waals surface area contributed by atoms with Crippen LogP contribution in [0, 0.1) is 6.92 Å². The number of rotatable bonds is 2. The number of nitrogens with zero attached hydrogens (tertiary/aromatic N) is 1. The summed E-state index contributed by atoms with van der Waals surface area (Å²) >= 11 is 0. The Hall–Kier alpha value is -1.77. The molecule has 0 aliphatic rings. The normalized spacial score (nSPS) is 10.1. The lowest BCUT2D eigenvalue weighted by Gasteiger charge is -2.00. The minimum absolute atomic E-state index is 0.666. The number of hydrogen-bond acceptors (Lipinski definition) is 3. The Kier molecular flexibility index (Phi) is 2.23. The van der Waals surface area contributed by atoms with E-state index in [-0.39, 0.29) is 0 Å². The highest BCUT2D eigenvalue weighted by atomic mass is 16.3. The number of oxazole rings is 1. The van der Waals surface area contributed by atoms with Crippen LogP contribution in [0.25, 0.3) is 11.5 Å². The van der Waals surface area contributed by atoms with Crippen LogP contribution in [0.2, 0.25) is 0 Å². The molecule has 0 saturated heterocycles. The number of aromatic nitrogens is 1. The predicted molar refractivity (Wildman–Crippen MR) is 56.2 cm³/mol. The molecule has 1 aromatic carbocycles. The first-order chi connectivity index (χ1) is 6.79. The van der Waals surface area contributed by atoms with Crippen LogP contribution in [-0.4, -0.2) is 12.0 Å². The summed E-state index contributed by atoms with van der Waals surface area (Å²) in [5.41, 5.74) is 2.94. The van der Waals surface area contributed by atoms with Gasteiger partial charge in [-0.25, -0.2) is 4.98 Å². The van der Waals surface area contributed by atoms with E-state index < -0.39 is 0 Å². The molecule has 1 N–H and O–H groups in total. The molecule has 72 valence electrons. The molecule has 0 atom stereocenters. The molecule has 2 rings (SSSR count). The Morgan fingerprint density at radius 3 is 2.86 bits per heavy atom. The average Bonchev–Trinajstić information content (AvgIpc) is 2.65. The van der Waals surface area contributed by atoms with E-state index in [4.69, 9.17) is 4.42 Å². The van der Waals surface area contributed by atoms with Gasteiger partial charge in [-0.1, -0.05) is 6.07 Å². The lowest BCUT2D eigenvalue weighted by molar-refractivity contribution is 0.573. The quantitative estimate of drug-likeness (QED) is 0.787. The molecule has 3 nitrogen and oxygen atoms in total. The van der Waals surface area contributed by atoms with Crippen molar-refractivity contribution in [3.05, 3.63) is 36.2 Å². The van der Waals surface area contributed by atoms with Crippen molar-refractivity contribution in [3.8, 4) is 11.5 Å². The third-order valence-electron chi connectivity index (χ3n) is 2.02. The molecular formula is C11H12N2O. The molecule has 0 radical (unpaired) electrons. The fourth-order valence-electron chi connectivity index (χ4n) is 1.29. The largest absolute Gasteiger partial charge is 0.444 e. The Morgan fingerprint density at radius 1 is 1.36 bits per heavy atom. The van der Waals surface area contributed by atoms with Gasteiger partial charge in [0, 0.05) is 18.3 Å². The van der Waals surface area contributed by atoms with Crippen molar-refractivity contribution in [2.24, 2.45) is 0 Å². The summed E-state index contributed by atoms with van der Waals surface area (Å²) in [6.07, 6.45) is 1.65. The summed E-state index contributed by atoms with van der Waals surface area (Å²) in [6, 6.07) is 7.96. The van der Waals surface area contributed by atoms with Crippen LogP contribution in [0.15, 0.2) is 34.9 Å². The van der Waals surface area contributed by atoms with Gasteiger partial charge < -0.3 is 9.73 Å². The van der Waals surface area contributed by atoms with E-state index in [0.29, 0.717) is 5.89 Å². The van der Waals surface area contributed by atoms with Crippen LogP contribution in [0.3, 0.4) is 0 Å². The summed E-state index contributed by atoms with van der Waals surface area (Å²) in [4.78, 5) is 4.26. The maximum Gasteiger partial charge on any atom is 0.226 e. The molecule has 14 heavy (non-hydrogen) atoms. The van der Waals surface area contributed by atoms with E-state index in [1.54, 1.807) is 6.26 Å². The summed E-state index contributed by atoms with van der Waals surface area (Å²) < 4.78 is 5.31. The van der Waals surface area contributed by atoms with Crippen LogP contribution in [-0.2, 0) is 0 Å². The van der Waals surface area contributed by atoms with Gasteiger partial charge in [0.1, 0.15) is 6.26 Å². The molecule has 0 spiro atoms. The Labute approximate surface area is 82.8 Å². The van der Waals surface area contributed by atoms with E-state index >= 15 is 0 Å². The second-order valence-corrected chi connectivity index (χ2v) is 3.12. The second-order valence-electron chi connectivity index (χ2n) is 3.12. The van der Waals surface area contributed by atoms with Crippen molar-refractivity contribution in [3.63, 3.8) is 0 Å². The molecule has 0 amide bonds. The van der Waals surface area contributed by atoms with E-state index in [1.807, 2.05) is 38.2 Å². The monoisotopic (exact) mass is 188 g/mol. The number of nitrogens with one attached hydrogen (secondary N) is 1. The fourth-order valence-corrected chi connectivity index (χ4v) is 1.29. The molecule has 0 bridgehead atoms. The van der Waals surface area contributed by atoms with Crippen molar-refractivity contribution < 1.29 is 4.42 Å². The molecule has 0 unspecified atom stereocenters.